The minimum absolute atomic E-state index is 0.124. The molecule has 1 fully saturated rings. The van der Waals surface area contributed by atoms with Crippen molar-refractivity contribution >= 4 is 12.1 Å². The number of amides is 1. The Bertz CT molecular complexity index is 387. The van der Waals surface area contributed by atoms with E-state index in [0.29, 0.717) is 19.4 Å². The predicted molar refractivity (Wildman–Crippen MR) is 75.4 cm³/mol. The van der Waals surface area contributed by atoms with Gasteiger partial charge in [0, 0.05) is 12.1 Å². The van der Waals surface area contributed by atoms with Gasteiger partial charge in [-0.05, 0) is 53.4 Å². The van der Waals surface area contributed by atoms with Crippen LogP contribution >= 0.6 is 0 Å². The molecule has 0 aromatic rings. The molecular formula is C14H26N2O4. The number of carboxylic acid groups (broad SMARTS) is 1. The number of piperidine rings is 1. The van der Waals surface area contributed by atoms with E-state index < -0.39 is 23.2 Å². The molecule has 3 N–H and O–H groups in total. The van der Waals surface area contributed by atoms with Crippen LogP contribution in [0.1, 0.15) is 47.5 Å². The fourth-order valence-corrected chi connectivity index (χ4v) is 2.62. The first kappa shape index (κ1) is 16.8. The van der Waals surface area contributed by atoms with Crippen LogP contribution in [0.5, 0.6) is 0 Å². The summed E-state index contributed by atoms with van der Waals surface area (Å²) in [6, 6.07) is -0.880. The first-order valence-electron chi connectivity index (χ1n) is 6.93. The molecule has 0 bridgehead atoms. The molecule has 1 heterocycles. The number of carboxylic acids is 1. The molecule has 1 amide bonds. The zero-order valence-electron chi connectivity index (χ0n) is 13.0. The molecule has 1 aliphatic rings. The van der Waals surface area contributed by atoms with E-state index in [9.17, 15) is 9.59 Å². The van der Waals surface area contributed by atoms with E-state index in [4.69, 9.17) is 15.6 Å². The zero-order valence-corrected chi connectivity index (χ0v) is 13.0. The Kier molecular flexibility index (Phi) is 4.69. The first-order chi connectivity index (χ1) is 8.94. The fourth-order valence-electron chi connectivity index (χ4n) is 2.62. The van der Waals surface area contributed by atoms with Gasteiger partial charge < -0.3 is 20.5 Å². The van der Waals surface area contributed by atoms with Gasteiger partial charge in [-0.2, -0.15) is 0 Å². The standard InChI is InChI=1S/C14H26N2O4/c1-13(2,3)20-12(19)16-7-6-9(8-14(16,4)5)10(15)11(17)18/h9-10H,6-8,15H2,1-5H3,(H,17,18)/t9?,10-/m1/s1. The maximum Gasteiger partial charge on any atom is 0.410 e. The Labute approximate surface area is 120 Å². The molecule has 0 spiro atoms. The Morgan fingerprint density at radius 1 is 1.40 bits per heavy atom. The number of nitrogens with two attached hydrogens (primary N) is 1. The Balaban J connectivity index is 2.76. The molecule has 1 saturated heterocycles. The van der Waals surface area contributed by atoms with Crippen LogP contribution in [0.3, 0.4) is 0 Å². The molecule has 6 heteroatoms. The number of hydrogen-bond donors (Lipinski definition) is 2. The summed E-state index contributed by atoms with van der Waals surface area (Å²) in [5.41, 5.74) is 4.70. The van der Waals surface area contributed by atoms with Gasteiger partial charge in [0.2, 0.25) is 0 Å². The van der Waals surface area contributed by atoms with E-state index in [1.165, 1.54) is 0 Å². The largest absolute Gasteiger partial charge is 0.480 e. The van der Waals surface area contributed by atoms with Crippen molar-refractivity contribution in [1.82, 2.24) is 4.90 Å². The lowest BCUT2D eigenvalue weighted by molar-refractivity contribution is -0.140. The Morgan fingerprint density at radius 2 is 1.95 bits per heavy atom. The number of nitrogens with zero attached hydrogens (tertiary/aromatic N) is 1. The van der Waals surface area contributed by atoms with Crippen LogP contribution in [0.15, 0.2) is 0 Å². The van der Waals surface area contributed by atoms with E-state index in [1.54, 1.807) is 4.90 Å². The van der Waals surface area contributed by atoms with Crippen LogP contribution in [-0.2, 0) is 9.53 Å². The van der Waals surface area contributed by atoms with Gasteiger partial charge in [-0.1, -0.05) is 0 Å². The molecule has 1 rings (SSSR count). The topological polar surface area (TPSA) is 92.9 Å². The second kappa shape index (κ2) is 5.60. The number of aliphatic carboxylic acids is 1. The highest BCUT2D eigenvalue weighted by atomic mass is 16.6. The third-order valence-electron chi connectivity index (χ3n) is 3.62. The van der Waals surface area contributed by atoms with E-state index in [-0.39, 0.29) is 12.0 Å². The highest BCUT2D eigenvalue weighted by Crippen LogP contribution is 2.34. The van der Waals surface area contributed by atoms with Gasteiger partial charge in [0.05, 0.1) is 0 Å². The summed E-state index contributed by atoms with van der Waals surface area (Å²) in [7, 11) is 0. The SMILES string of the molecule is CC(C)(C)OC(=O)N1CCC([C@@H](N)C(=O)O)CC1(C)C. The van der Waals surface area contributed by atoms with E-state index >= 15 is 0 Å². The highest BCUT2D eigenvalue weighted by molar-refractivity contribution is 5.74. The Hall–Kier alpha value is -1.30. The smallest absolute Gasteiger partial charge is 0.410 e. The van der Waals surface area contributed by atoms with Crippen LogP contribution in [-0.4, -0.2) is 45.8 Å². The summed E-state index contributed by atoms with van der Waals surface area (Å²) < 4.78 is 5.40. The predicted octanol–water partition coefficient (Wildman–Crippen LogP) is 1.82. The number of carbonyl (C=O) groups excluding carboxylic acids is 1. The molecule has 2 atom stereocenters. The van der Waals surface area contributed by atoms with Gasteiger partial charge in [0.15, 0.2) is 0 Å². The summed E-state index contributed by atoms with van der Waals surface area (Å²) in [4.78, 5) is 24.8. The van der Waals surface area contributed by atoms with Gasteiger partial charge in [-0.3, -0.25) is 4.79 Å². The maximum atomic E-state index is 12.2. The number of carbonyl (C=O) groups is 2. The molecule has 20 heavy (non-hydrogen) atoms. The summed E-state index contributed by atoms with van der Waals surface area (Å²) in [6.07, 6.45) is 0.778. The van der Waals surface area contributed by atoms with E-state index in [0.717, 1.165) is 0 Å². The number of rotatable bonds is 2. The number of ether oxygens (including phenoxy) is 1. The maximum absolute atomic E-state index is 12.2. The zero-order chi connectivity index (χ0) is 15.7. The molecule has 0 radical (unpaired) electrons. The molecule has 0 aliphatic carbocycles. The van der Waals surface area contributed by atoms with Crippen molar-refractivity contribution in [3.8, 4) is 0 Å². The van der Waals surface area contributed by atoms with Crippen LogP contribution in [0, 0.1) is 5.92 Å². The average molecular weight is 286 g/mol. The van der Waals surface area contributed by atoms with Crippen molar-refractivity contribution in [3.63, 3.8) is 0 Å². The van der Waals surface area contributed by atoms with E-state index in [1.807, 2.05) is 34.6 Å². The quantitative estimate of drug-likeness (QED) is 0.807. The lowest BCUT2D eigenvalue weighted by atomic mass is 9.79. The van der Waals surface area contributed by atoms with Crippen molar-refractivity contribution in [1.29, 1.82) is 0 Å². The van der Waals surface area contributed by atoms with Crippen LogP contribution < -0.4 is 5.73 Å². The molecular weight excluding hydrogens is 260 g/mol. The molecule has 0 saturated carbocycles. The molecule has 6 nitrogen and oxygen atoms in total. The molecule has 116 valence electrons. The number of likely N-dealkylation sites (tertiary alicyclic amines) is 1. The monoisotopic (exact) mass is 286 g/mol. The van der Waals surface area contributed by atoms with Gasteiger partial charge in [-0.25, -0.2) is 4.79 Å². The highest BCUT2D eigenvalue weighted by Gasteiger charge is 2.42. The normalized spacial score (nSPS) is 24.1. The Morgan fingerprint density at radius 3 is 2.35 bits per heavy atom. The molecule has 1 aliphatic heterocycles. The summed E-state index contributed by atoms with van der Waals surface area (Å²) in [5.74, 6) is -1.11. The van der Waals surface area contributed by atoms with Gasteiger partial charge in [0.1, 0.15) is 11.6 Å². The number of hydrogen-bond acceptors (Lipinski definition) is 4. The van der Waals surface area contributed by atoms with Gasteiger partial charge >= 0.3 is 12.1 Å². The lowest BCUT2D eigenvalue weighted by Gasteiger charge is -2.46. The lowest BCUT2D eigenvalue weighted by Crippen LogP contribution is -2.57. The van der Waals surface area contributed by atoms with Crippen molar-refractivity contribution in [3.05, 3.63) is 0 Å². The average Bonchev–Trinajstić information content (AvgIpc) is 2.23. The minimum Gasteiger partial charge on any atom is -0.480 e. The van der Waals surface area contributed by atoms with Gasteiger partial charge in [-0.15, -0.1) is 0 Å². The van der Waals surface area contributed by atoms with Crippen LogP contribution in [0.25, 0.3) is 0 Å². The summed E-state index contributed by atoms with van der Waals surface area (Å²) in [5, 5.41) is 9.00. The first-order valence-corrected chi connectivity index (χ1v) is 6.93. The summed E-state index contributed by atoms with van der Waals surface area (Å²) in [6.45, 7) is 9.77. The van der Waals surface area contributed by atoms with E-state index in [2.05, 4.69) is 0 Å². The van der Waals surface area contributed by atoms with Crippen LogP contribution in [0.4, 0.5) is 4.79 Å². The van der Waals surface area contributed by atoms with Crippen molar-refractivity contribution in [2.75, 3.05) is 6.54 Å². The van der Waals surface area contributed by atoms with Gasteiger partial charge in [0.25, 0.3) is 0 Å². The fraction of sp³-hybridized carbons (Fsp3) is 0.857. The second-order valence-corrected chi connectivity index (χ2v) is 7.06. The minimum atomic E-state index is -0.989. The van der Waals surface area contributed by atoms with Crippen LogP contribution in [0.2, 0.25) is 0 Å². The van der Waals surface area contributed by atoms with Crippen molar-refractivity contribution in [2.24, 2.45) is 11.7 Å². The van der Waals surface area contributed by atoms with Crippen molar-refractivity contribution < 1.29 is 19.4 Å². The third-order valence-corrected chi connectivity index (χ3v) is 3.62. The molecule has 1 unspecified atom stereocenters. The third kappa shape index (κ3) is 4.10. The molecule has 0 aromatic carbocycles. The van der Waals surface area contributed by atoms with Crippen molar-refractivity contribution in [2.45, 2.75) is 64.6 Å². The second-order valence-electron chi connectivity index (χ2n) is 7.06. The summed E-state index contributed by atoms with van der Waals surface area (Å²) >= 11 is 0. The molecule has 0 aromatic heterocycles.